The Morgan fingerprint density at radius 1 is 1.38 bits per heavy atom. The minimum absolute atomic E-state index is 0.333. The molecule has 1 unspecified atom stereocenters. The maximum atomic E-state index is 11.6. The Morgan fingerprint density at radius 2 is 2.14 bits per heavy atom. The van der Waals surface area contributed by atoms with Crippen molar-refractivity contribution in [2.45, 2.75) is 12.3 Å². The Morgan fingerprint density at radius 3 is 2.76 bits per heavy atom. The molecule has 0 radical (unpaired) electrons. The predicted molar refractivity (Wildman–Crippen MR) is 81.9 cm³/mol. The lowest BCUT2D eigenvalue weighted by atomic mass is 9.96. The number of hydrogen-bond acceptors (Lipinski definition) is 4. The highest BCUT2D eigenvalue weighted by Gasteiger charge is 2.22. The Bertz CT molecular complexity index is 646. The summed E-state index contributed by atoms with van der Waals surface area (Å²) in [5.74, 6) is -1.16. The molecule has 0 aliphatic carbocycles. The van der Waals surface area contributed by atoms with Gasteiger partial charge in [0.15, 0.2) is 0 Å². The van der Waals surface area contributed by atoms with E-state index in [4.69, 9.17) is 11.6 Å². The standard InChI is InChI=1S/C15H16ClN3O2/c1-19(2)15-17-7-6-13(18-15)12(14(20)21)9-10-4-3-5-11(16)8-10/h3-8,12H,9H2,1-2H3,(H,20,21). The van der Waals surface area contributed by atoms with Crippen molar-refractivity contribution in [3.63, 3.8) is 0 Å². The van der Waals surface area contributed by atoms with Gasteiger partial charge in [-0.05, 0) is 30.2 Å². The van der Waals surface area contributed by atoms with E-state index in [0.717, 1.165) is 5.56 Å². The van der Waals surface area contributed by atoms with Crippen LogP contribution in [0.5, 0.6) is 0 Å². The molecular formula is C15H16ClN3O2. The summed E-state index contributed by atoms with van der Waals surface area (Å²) >= 11 is 5.94. The molecule has 1 atom stereocenters. The predicted octanol–water partition coefficient (Wildman–Crippen LogP) is 2.61. The minimum Gasteiger partial charge on any atom is -0.481 e. The lowest BCUT2D eigenvalue weighted by molar-refractivity contribution is -0.138. The molecule has 1 aromatic heterocycles. The molecule has 2 rings (SSSR count). The Balaban J connectivity index is 2.31. The molecule has 0 spiro atoms. The van der Waals surface area contributed by atoms with Crippen LogP contribution in [0, 0.1) is 0 Å². The number of aliphatic carboxylic acids is 1. The van der Waals surface area contributed by atoms with E-state index >= 15 is 0 Å². The van der Waals surface area contributed by atoms with Gasteiger partial charge in [0.05, 0.1) is 5.69 Å². The smallest absolute Gasteiger partial charge is 0.312 e. The second-order valence-electron chi connectivity index (χ2n) is 4.90. The molecule has 0 saturated carbocycles. The molecule has 2 aromatic rings. The van der Waals surface area contributed by atoms with Crippen molar-refractivity contribution in [2.75, 3.05) is 19.0 Å². The van der Waals surface area contributed by atoms with Crippen molar-refractivity contribution >= 4 is 23.5 Å². The van der Waals surface area contributed by atoms with Gasteiger partial charge in [-0.25, -0.2) is 9.97 Å². The molecule has 21 heavy (non-hydrogen) atoms. The summed E-state index contributed by atoms with van der Waals surface area (Å²) in [7, 11) is 3.62. The number of carboxylic acids is 1. The van der Waals surface area contributed by atoms with E-state index in [2.05, 4.69) is 9.97 Å². The fourth-order valence-corrected chi connectivity index (χ4v) is 2.20. The van der Waals surface area contributed by atoms with Crippen LogP contribution in [-0.4, -0.2) is 35.1 Å². The topological polar surface area (TPSA) is 66.3 Å². The monoisotopic (exact) mass is 305 g/mol. The van der Waals surface area contributed by atoms with E-state index < -0.39 is 11.9 Å². The highest BCUT2D eigenvalue weighted by molar-refractivity contribution is 6.30. The largest absolute Gasteiger partial charge is 0.481 e. The van der Waals surface area contributed by atoms with Crippen LogP contribution in [0.1, 0.15) is 17.2 Å². The van der Waals surface area contributed by atoms with Gasteiger partial charge < -0.3 is 10.0 Å². The molecule has 0 aliphatic heterocycles. The zero-order valence-corrected chi connectivity index (χ0v) is 12.6. The van der Waals surface area contributed by atoms with Crippen LogP contribution in [0.25, 0.3) is 0 Å². The average Bonchev–Trinajstić information content (AvgIpc) is 2.44. The van der Waals surface area contributed by atoms with Crippen molar-refractivity contribution in [1.82, 2.24) is 9.97 Å². The zero-order valence-electron chi connectivity index (χ0n) is 11.8. The van der Waals surface area contributed by atoms with E-state index in [-0.39, 0.29) is 0 Å². The fourth-order valence-electron chi connectivity index (χ4n) is 1.99. The molecule has 1 N–H and O–H groups in total. The van der Waals surface area contributed by atoms with Gasteiger partial charge in [0.1, 0.15) is 5.92 Å². The number of carbonyl (C=O) groups is 1. The van der Waals surface area contributed by atoms with Crippen molar-refractivity contribution < 1.29 is 9.90 Å². The van der Waals surface area contributed by atoms with Gasteiger partial charge in [0.25, 0.3) is 0 Å². The average molecular weight is 306 g/mol. The molecule has 0 saturated heterocycles. The summed E-state index contributed by atoms with van der Waals surface area (Å²) in [6.45, 7) is 0. The molecule has 0 amide bonds. The lowest BCUT2D eigenvalue weighted by Crippen LogP contribution is -2.19. The number of benzene rings is 1. The number of hydrogen-bond donors (Lipinski definition) is 1. The molecule has 6 heteroatoms. The van der Waals surface area contributed by atoms with Crippen molar-refractivity contribution in [1.29, 1.82) is 0 Å². The van der Waals surface area contributed by atoms with Gasteiger partial charge in [-0.15, -0.1) is 0 Å². The van der Waals surface area contributed by atoms with Crippen LogP contribution in [0.15, 0.2) is 36.5 Å². The van der Waals surface area contributed by atoms with E-state index in [1.54, 1.807) is 29.3 Å². The van der Waals surface area contributed by atoms with Crippen LogP contribution >= 0.6 is 11.6 Å². The normalized spacial score (nSPS) is 12.0. The van der Waals surface area contributed by atoms with E-state index in [0.29, 0.717) is 23.1 Å². The summed E-state index contributed by atoms with van der Waals surface area (Å²) in [6.07, 6.45) is 1.91. The maximum absolute atomic E-state index is 11.6. The summed E-state index contributed by atoms with van der Waals surface area (Å²) in [5.41, 5.74) is 1.35. The number of rotatable bonds is 5. The van der Waals surface area contributed by atoms with E-state index in [1.165, 1.54) is 0 Å². The fraction of sp³-hybridized carbons (Fsp3) is 0.267. The third-order valence-corrected chi connectivity index (χ3v) is 3.28. The summed E-state index contributed by atoms with van der Waals surface area (Å²) < 4.78 is 0. The quantitative estimate of drug-likeness (QED) is 0.919. The van der Waals surface area contributed by atoms with E-state index in [9.17, 15) is 9.90 Å². The maximum Gasteiger partial charge on any atom is 0.312 e. The molecule has 0 fully saturated rings. The van der Waals surface area contributed by atoms with Crippen molar-refractivity contribution in [3.05, 3.63) is 52.8 Å². The molecule has 0 bridgehead atoms. The molecule has 110 valence electrons. The van der Waals surface area contributed by atoms with Gasteiger partial charge >= 0.3 is 5.97 Å². The summed E-state index contributed by atoms with van der Waals surface area (Å²) in [6, 6.07) is 8.83. The van der Waals surface area contributed by atoms with Gasteiger partial charge in [0.2, 0.25) is 5.95 Å². The molecular weight excluding hydrogens is 290 g/mol. The summed E-state index contributed by atoms with van der Waals surface area (Å²) in [5, 5.41) is 10.1. The van der Waals surface area contributed by atoms with Crippen molar-refractivity contribution in [3.8, 4) is 0 Å². The van der Waals surface area contributed by atoms with E-state index in [1.807, 2.05) is 26.2 Å². The first-order chi connectivity index (χ1) is 9.97. The van der Waals surface area contributed by atoms with Gasteiger partial charge in [-0.2, -0.15) is 0 Å². The first kappa shape index (κ1) is 15.3. The van der Waals surface area contributed by atoms with Crippen LogP contribution < -0.4 is 4.90 Å². The number of anilines is 1. The van der Waals surface area contributed by atoms with Gasteiger partial charge in [0, 0.05) is 25.3 Å². The molecule has 0 aliphatic rings. The number of carboxylic acid groups (broad SMARTS) is 1. The van der Waals surface area contributed by atoms with Crippen LogP contribution in [-0.2, 0) is 11.2 Å². The molecule has 1 heterocycles. The third kappa shape index (κ3) is 3.92. The second kappa shape index (κ2) is 6.54. The van der Waals surface area contributed by atoms with Gasteiger partial charge in [-0.1, -0.05) is 23.7 Å². The Labute approximate surface area is 128 Å². The lowest BCUT2D eigenvalue weighted by Gasteiger charge is -2.15. The first-order valence-electron chi connectivity index (χ1n) is 6.45. The zero-order chi connectivity index (χ0) is 15.4. The second-order valence-corrected chi connectivity index (χ2v) is 5.34. The molecule has 1 aromatic carbocycles. The minimum atomic E-state index is -0.918. The SMILES string of the molecule is CN(C)c1nccc(C(Cc2cccc(Cl)c2)C(=O)O)n1. The van der Waals surface area contributed by atoms with Gasteiger partial charge in [-0.3, -0.25) is 4.79 Å². The molecule has 5 nitrogen and oxygen atoms in total. The summed E-state index contributed by atoms with van der Waals surface area (Å²) in [4.78, 5) is 21.7. The highest BCUT2D eigenvalue weighted by Crippen LogP contribution is 2.22. The Hall–Kier alpha value is -2.14. The van der Waals surface area contributed by atoms with Crippen LogP contribution in [0.2, 0.25) is 5.02 Å². The Kier molecular flexibility index (Phi) is 4.75. The highest BCUT2D eigenvalue weighted by atomic mass is 35.5. The van der Waals surface area contributed by atoms with Crippen LogP contribution in [0.3, 0.4) is 0 Å². The number of aromatic nitrogens is 2. The van der Waals surface area contributed by atoms with Crippen molar-refractivity contribution in [2.24, 2.45) is 0 Å². The van der Waals surface area contributed by atoms with Crippen LogP contribution in [0.4, 0.5) is 5.95 Å². The number of halogens is 1. The third-order valence-electron chi connectivity index (χ3n) is 3.05. The number of nitrogens with zero attached hydrogens (tertiary/aromatic N) is 3. The first-order valence-corrected chi connectivity index (χ1v) is 6.82.